The number of hydrogen-bond acceptors (Lipinski definition) is 3. The van der Waals surface area contributed by atoms with E-state index in [1.54, 1.807) is 0 Å². The van der Waals surface area contributed by atoms with Crippen LogP contribution in [0, 0.1) is 0 Å². The van der Waals surface area contributed by atoms with Crippen LogP contribution in [0.4, 0.5) is 0 Å². The first-order valence-corrected chi connectivity index (χ1v) is 7.42. The Bertz CT molecular complexity index is 299. The van der Waals surface area contributed by atoms with E-state index in [0.29, 0.717) is 6.04 Å². The second-order valence-corrected chi connectivity index (χ2v) is 6.32. The summed E-state index contributed by atoms with van der Waals surface area (Å²) in [6.45, 7) is 4.35. The van der Waals surface area contributed by atoms with Gasteiger partial charge in [0.05, 0.1) is 0 Å². The van der Waals surface area contributed by atoms with Gasteiger partial charge in [-0.1, -0.05) is 0 Å². The lowest BCUT2D eigenvalue weighted by molar-refractivity contribution is 0.327. The topological polar surface area (TPSA) is 29.3 Å². The van der Waals surface area contributed by atoms with E-state index in [0.717, 1.165) is 25.9 Å². The number of rotatable bonds is 7. The van der Waals surface area contributed by atoms with E-state index in [2.05, 4.69) is 46.2 Å². The van der Waals surface area contributed by atoms with Gasteiger partial charge in [-0.05, 0) is 61.8 Å². The fourth-order valence-corrected chi connectivity index (χ4v) is 3.03. The standard InChI is InChI=1S/C12H21BrN2S/c1-10(14)4-3-6-15(2)7-5-12-8-11(13)9-16-12/h8-10H,3-7,14H2,1-2H3. The van der Waals surface area contributed by atoms with Crippen LogP contribution < -0.4 is 5.73 Å². The van der Waals surface area contributed by atoms with Crippen LogP contribution in [-0.4, -0.2) is 31.1 Å². The summed E-state index contributed by atoms with van der Waals surface area (Å²) in [5, 5.41) is 2.14. The van der Waals surface area contributed by atoms with Crippen molar-refractivity contribution in [3.8, 4) is 0 Å². The van der Waals surface area contributed by atoms with E-state index in [-0.39, 0.29) is 0 Å². The zero-order chi connectivity index (χ0) is 12.0. The fraction of sp³-hybridized carbons (Fsp3) is 0.667. The minimum Gasteiger partial charge on any atom is -0.328 e. The Labute approximate surface area is 111 Å². The summed E-state index contributed by atoms with van der Waals surface area (Å²) in [6.07, 6.45) is 3.46. The Morgan fingerprint density at radius 2 is 2.25 bits per heavy atom. The van der Waals surface area contributed by atoms with Gasteiger partial charge in [0.15, 0.2) is 0 Å². The highest BCUT2D eigenvalue weighted by molar-refractivity contribution is 9.10. The quantitative estimate of drug-likeness (QED) is 0.838. The van der Waals surface area contributed by atoms with Gasteiger partial charge in [-0.3, -0.25) is 0 Å². The molecule has 2 nitrogen and oxygen atoms in total. The van der Waals surface area contributed by atoms with Crippen molar-refractivity contribution in [3.05, 3.63) is 20.8 Å². The van der Waals surface area contributed by atoms with Crippen molar-refractivity contribution in [1.82, 2.24) is 4.90 Å². The van der Waals surface area contributed by atoms with Crippen LogP contribution in [0.25, 0.3) is 0 Å². The van der Waals surface area contributed by atoms with E-state index < -0.39 is 0 Å². The lowest BCUT2D eigenvalue weighted by atomic mass is 10.2. The first-order chi connectivity index (χ1) is 7.58. The highest BCUT2D eigenvalue weighted by atomic mass is 79.9. The molecular formula is C12H21BrN2S. The molecular weight excluding hydrogens is 284 g/mol. The van der Waals surface area contributed by atoms with Gasteiger partial charge in [0.25, 0.3) is 0 Å². The number of halogens is 1. The van der Waals surface area contributed by atoms with Crippen molar-refractivity contribution >= 4 is 27.3 Å². The molecule has 1 atom stereocenters. The van der Waals surface area contributed by atoms with Crippen LogP contribution in [0.5, 0.6) is 0 Å². The molecule has 0 aliphatic heterocycles. The van der Waals surface area contributed by atoms with Crippen molar-refractivity contribution in [3.63, 3.8) is 0 Å². The van der Waals surface area contributed by atoms with Gasteiger partial charge in [-0.25, -0.2) is 0 Å². The Morgan fingerprint density at radius 1 is 1.50 bits per heavy atom. The highest BCUT2D eigenvalue weighted by Gasteiger charge is 2.02. The molecule has 1 rings (SSSR count). The fourth-order valence-electron chi connectivity index (χ4n) is 1.58. The summed E-state index contributed by atoms with van der Waals surface area (Å²) in [4.78, 5) is 3.83. The van der Waals surface area contributed by atoms with Crippen LogP contribution in [0.2, 0.25) is 0 Å². The summed E-state index contributed by atoms with van der Waals surface area (Å²) in [7, 11) is 2.18. The lowest BCUT2D eigenvalue weighted by Gasteiger charge is -2.16. The van der Waals surface area contributed by atoms with Gasteiger partial charge in [0, 0.05) is 27.3 Å². The molecule has 0 bridgehead atoms. The molecule has 0 fully saturated rings. The number of nitrogens with two attached hydrogens (primary N) is 1. The minimum atomic E-state index is 0.335. The number of hydrogen-bond donors (Lipinski definition) is 1. The number of nitrogens with zero attached hydrogens (tertiary/aromatic N) is 1. The Kier molecular flexibility index (Phi) is 6.58. The van der Waals surface area contributed by atoms with Gasteiger partial charge in [-0.2, -0.15) is 0 Å². The van der Waals surface area contributed by atoms with Gasteiger partial charge < -0.3 is 10.6 Å². The van der Waals surface area contributed by atoms with Crippen LogP contribution in [0.3, 0.4) is 0 Å². The zero-order valence-corrected chi connectivity index (χ0v) is 12.5. The van der Waals surface area contributed by atoms with Crippen LogP contribution in [0.1, 0.15) is 24.6 Å². The van der Waals surface area contributed by atoms with E-state index in [9.17, 15) is 0 Å². The van der Waals surface area contributed by atoms with Crippen molar-refractivity contribution in [2.45, 2.75) is 32.2 Å². The maximum atomic E-state index is 5.72. The molecule has 92 valence electrons. The van der Waals surface area contributed by atoms with Crippen molar-refractivity contribution in [2.24, 2.45) is 5.73 Å². The third-order valence-corrected chi connectivity index (χ3v) is 4.32. The molecule has 4 heteroatoms. The summed E-state index contributed by atoms with van der Waals surface area (Å²) in [5.41, 5.74) is 5.72. The molecule has 1 unspecified atom stereocenters. The molecule has 0 aliphatic rings. The van der Waals surface area contributed by atoms with Crippen LogP contribution in [0.15, 0.2) is 15.9 Å². The van der Waals surface area contributed by atoms with Crippen LogP contribution in [-0.2, 0) is 6.42 Å². The van der Waals surface area contributed by atoms with Crippen molar-refractivity contribution in [2.75, 3.05) is 20.1 Å². The SMILES string of the molecule is CC(N)CCCN(C)CCc1cc(Br)cs1. The molecule has 0 saturated carbocycles. The molecule has 0 spiro atoms. The molecule has 0 aliphatic carbocycles. The Hall–Kier alpha value is 0.1000. The number of likely N-dealkylation sites (N-methyl/N-ethyl adjacent to an activating group) is 1. The second-order valence-electron chi connectivity index (χ2n) is 4.40. The molecule has 1 heterocycles. The third-order valence-electron chi connectivity index (χ3n) is 2.56. The largest absolute Gasteiger partial charge is 0.328 e. The Morgan fingerprint density at radius 3 is 2.81 bits per heavy atom. The lowest BCUT2D eigenvalue weighted by Crippen LogP contribution is -2.24. The monoisotopic (exact) mass is 304 g/mol. The van der Waals surface area contributed by atoms with E-state index in [1.807, 2.05) is 11.3 Å². The first kappa shape index (κ1) is 14.2. The van der Waals surface area contributed by atoms with E-state index in [1.165, 1.54) is 15.8 Å². The van der Waals surface area contributed by atoms with E-state index in [4.69, 9.17) is 5.73 Å². The van der Waals surface area contributed by atoms with E-state index >= 15 is 0 Å². The van der Waals surface area contributed by atoms with Gasteiger partial charge in [0.2, 0.25) is 0 Å². The predicted octanol–water partition coefficient (Wildman–Crippen LogP) is 3.11. The molecule has 0 amide bonds. The smallest absolute Gasteiger partial charge is 0.0285 e. The molecule has 1 aromatic rings. The van der Waals surface area contributed by atoms with Gasteiger partial charge in [0.1, 0.15) is 0 Å². The number of thiophene rings is 1. The van der Waals surface area contributed by atoms with Crippen molar-refractivity contribution < 1.29 is 0 Å². The highest BCUT2D eigenvalue weighted by Crippen LogP contribution is 2.20. The van der Waals surface area contributed by atoms with Gasteiger partial charge in [-0.15, -0.1) is 11.3 Å². The second kappa shape index (κ2) is 7.43. The van der Waals surface area contributed by atoms with Crippen molar-refractivity contribution in [1.29, 1.82) is 0 Å². The molecule has 0 aromatic carbocycles. The third kappa shape index (κ3) is 5.99. The molecule has 16 heavy (non-hydrogen) atoms. The van der Waals surface area contributed by atoms with Gasteiger partial charge >= 0.3 is 0 Å². The average Bonchev–Trinajstić information content (AvgIpc) is 2.61. The minimum absolute atomic E-state index is 0.335. The molecule has 1 aromatic heterocycles. The average molecular weight is 305 g/mol. The predicted molar refractivity (Wildman–Crippen MR) is 76.1 cm³/mol. The summed E-state index contributed by atoms with van der Waals surface area (Å²) >= 11 is 5.31. The molecule has 0 saturated heterocycles. The van der Waals surface area contributed by atoms with Crippen LogP contribution >= 0.6 is 27.3 Å². The molecule has 2 N–H and O–H groups in total. The summed E-state index contributed by atoms with van der Waals surface area (Å²) in [5.74, 6) is 0. The Balaban J connectivity index is 2.12. The first-order valence-electron chi connectivity index (χ1n) is 5.75. The summed E-state index contributed by atoms with van der Waals surface area (Å²) in [6, 6.07) is 2.54. The maximum Gasteiger partial charge on any atom is 0.0285 e. The normalized spacial score (nSPS) is 13.3. The zero-order valence-electron chi connectivity index (χ0n) is 10.1. The summed E-state index contributed by atoms with van der Waals surface area (Å²) < 4.78 is 1.20. The molecule has 0 radical (unpaired) electrons. The maximum absolute atomic E-state index is 5.72.